The molecular formula is C30H62. The Morgan fingerprint density at radius 1 is 0.633 bits per heavy atom. The molecule has 0 aromatic heterocycles. The van der Waals surface area contributed by atoms with Crippen LogP contribution in [0.2, 0.25) is 0 Å². The Bertz CT molecular complexity index is 336. The van der Waals surface area contributed by atoms with Crippen molar-refractivity contribution >= 4 is 0 Å². The van der Waals surface area contributed by atoms with Crippen LogP contribution in [0.1, 0.15) is 158 Å². The van der Waals surface area contributed by atoms with Gasteiger partial charge in [0.2, 0.25) is 0 Å². The van der Waals surface area contributed by atoms with E-state index >= 15 is 0 Å². The van der Waals surface area contributed by atoms with Crippen molar-refractivity contribution in [1.29, 1.82) is 0 Å². The van der Waals surface area contributed by atoms with E-state index in [1.165, 1.54) is 103 Å². The summed E-state index contributed by atoms with van der Waals surface area (Å²) in [5, 5.41) is 0. The molecule has 0 heteroatoms. The van der Waals surface area contributed by atoms with Crippen LogP contribution in [-0.4, -0.2) is 0 Å². The molecule has 0 spiro atoms. The fourth-order valence-electron chi connectivity index (χ4n) is 5.89. The predicted octanol–water partition coefficient (Wildman–Crippen LogP) is 11.1. The number of unbranched alkanes of at least 4 members (excludes halogenated alkanes) is 2. The van der Waals surface area contributed by atoms with Gasteiger partial charge < -0.3 is 0 Å². The second-order valence-electron chi connectivity index (χ2n) is 11.2. The summed E-state index contributed by atoms with van der Waals surface area (Å²) in [5.74, 6) is 6.06. The third-order valence-electron chi connectivity index (χ3n) is 7.70. The third-order valence-corrected chi connectivity index (χ3v) is 7.70. The molecule has 0 bridgehead atoms. The SMILES string of the molecule is CC.CCCCC1CCCC(C(C)C)CC1.CCCCC1CCCC(CC(C)C)C1. The van der Waals surface area contributed by atoms with Crippen molar-refractivity contribution in [3.63, 3.8) is 0 Å². The van der Waals surface area contributed by atoms with Gasteiger partial charge in [-0.25, -0.2) is 0 Å². The van der Waals surface area contributed by atoms with E-state index in [1.807, 2.05) is 13.8 Å². The van der Waals surface area contributed by atoms with Gasteiger partial charge in [-0.2, -0.15) is 0 Å². The molecule has 0 radical (unpaired) electrons. The minimum Gasteiger partial charge on any atom is -0.0683 e. The van der Waals surface area contributed by atoms with E-state index in [0.29, 0.717) is 0 Å². The molecule has 2 saturated carbocycles. The average molecular weight is 423 g/mol. The van der Waals surface area contributed by atoms with Crippen LogP contribution in [0.25, 0.3) is 0 Å². The minimum absolute atomic E-state index is 0.907. The lowest BCUT2D eigenvalue weighted by atomic mass is 9.76. The molecule has 0 aromatic rings. The van der Waals surface area contributed by atoms with Crippen LogP contribution in [0, 0.1) is 35.5 Å². The van der Waals surface area contributed by atoms with Gasteiger partial charge >= 0.3 is 0 Å². The molecule has 0 aromatic carbocycles. The predicted molar refractivity (Wildman–Crippen MR) is 140 cm³/mol. The summed E-state index contributed by atoms with van der Waals surface area (Å²) in [6, 6.07) is 0. The molecular weight excluding hydrogens is 360 g/mol. The molecule has 2 aliphatic rings. The van der Waals surface area contributed by atoms with Crippen LogP contribution < -0.4 is 0 Å². The van der Waals surface area contributed by atoms with Gasteiger partial charge in [-0.15, -0.1) is 0 Å². The quantitative estimate of drug-likeness (QED) is 0.324. The van der Waals surface area contributed by atoms with Crippen LogP contribution in [0.5, 0.6) is 0 Å². The molecule has 30 heavy (non-hydrogen) atoms. The molecule has 182 valence electrons. The zero-order valence-corrected chi connectivity index (χ0v) is 22.8. The highest BCUT2D eigenvalue weighted by molar-refractivity contribution is 4.74. The maximum absolute atomic E-state index is 2.40. The van der Waals surface area contributed by atoms with Gasteiger partial charge in [0.25, 0.3) is 0 Å². The zero-order valence-electron chi connectivity index (χ0n) is 22.8. The van der Waals surface area contributed by atoms with Gasteiger partial charge in [-0.3, -0.25) is 0 Å². The molecule has 0 saturated heterocycles. The minimum atomic E-state index is 0.907. The van der Waals surface area contributed by atoms with Gasteiger partial charge in [-0.1, -0.05) is 139 Å². The second-order valence-corrected chi connectivity index (χ2v) is 11.2. The van der Waals surface area contributed by atoms with Crippen molar-refractivity contribution in [2.45, 2.75) is 158 Å². The smallest absolute Gasteiger partial charge is 0.0391 e. The van der Waals surface area contributed by atoms with Crippen molar-refractivity contribution in [2.24, 2.45) is 35.5 Å². The summed E-state index contributed by atoms with van der Waals surface area (Å²) < 4.78 is 0. The lowest BCUT2D eigenvalue weighted by Gasteiger charge is -2.30. The monoisotopic (exact) mass is 422 g/mol. The Kier molecular flexibility index (Phi) is 19.7. The van der Waals surface area contributed by atoms with Crippen molar-refractivity contribution in [3.05, 3.63) is 0 Å². The Hall–Kier alpha value is 0. The van der Waals surface area contributed by atoms with Gasteiger partial charge in [-0.05, 0) is 54.8 Å². The highest BCUT2D eigenvalue weighted by Crippen LogP contribution is 2.35. The lowest BCUT2D eigenvalue weighted by Crippen LogP contribution is -2.17. The number of hydrogen-bond donors (Lipinski definition) is 0. The largest absolute Gasteiger partial charge is 0.0683 e. The first kappa shape index (κ1) is 30.0. The molecule has 4 atom stereocenters. The van der Waals surface area contributed by atoms with Crippen LogP contribution in [0.15, 0.2) is 0 Å². The van der Waals surface area contributed by atoms with E-state index in [9.17, 15) is 0 Å². The van der Waals surface area contributed by atoms with Crippen molar-refractivity contribution in [1.82, 2.24) is 0 Å². The van der Waals surface area contributed by atoms with Crippen LogP contribution >= 0.6 is 0 Å². The zero-order chi connectivity index (χ0) is 22.8. The molecule has 0 aliphatic heterocycles. The van der Waals surface area contributed by atoms with Gasteiger partial charge in [0, 0.05) is 0 Å². The number of hydrogen-bond acceptors (Lipinski definition) is 0. The fraction of sp³-hybridized carbons (Fsp3) is 1.00. The molecule has 0 heterocycles. The fourth-order valence-corrected chi connectivity index (χ4v) is 5.89. The maximum atomic E-state index is 2.40. The van der Waals surface area contributed by atoms with Crippen molar-refractivity contribution in [3.8, 4) is 0 Å². The number of rotatable bonds is 9. The molecule has 2 rings (SSSR count). The summed E-state index contributed by atoms with van der Waals surface area (Å²) in [7, 11) is 0. The summed E-state index contributed by atoms with van der Waals surface area (Å²) in [6.07, 6.45) is 23.8. The topological polar surface area (TPSA) is 0 Å². The Balaban J connectivity index is 0.000000518. The standard InChI is InChI=1S/2C14H28.C2H6/c1-4-5-7-13-8-6-9-14(11-13)10-12(2)3;1-4-5-7-13-8-6-9-14(11-10-13)12(2)3;1-2/h2*12-14H,4-11H2,1-3H3;1-2H3. The van der Waals surface area contributed by atoms with E-state index in [-0.39, 0.29) is 0 Å². The first-order valence-corrected chi connectivity index (χ1v) is 14.5. The van der Waals surface area contributed by atoms with E-state index in [4.69, 9.17) is 0 Å². The highest BCUT2D eigenvalue weighted by atomic mass is 14.3. The van der Waals surface area contributed by atoms with Crippen LogP contribution in [-0.2, 0) is 0 Å². The summed E-state index contributed by atoms with van der Waals surface area (Å²) >= 11 is 0. The molecule has 0 amide bonds. The molecule has 0 nitrogen and oxygen atoms in total. The second kappa shape index (κ2) is 19.7. The summed E-state index contributed by atoms with van der Waals surface area (Å²) in [6.45, 7) is 18.2. The summed E-state index contributed by atoms with van der Waals surface area (Å²) in [5.41, 5.74) is 0. The maximum Gasteiger partial charge on any atom is -0.0391 e. The van der Waals surface area contributed by atoms with Crippen molar-refractivity contribution < 1.29 is 0 Å². The van der Waals surface area contributed by atoms with Crippen LogP contribution in [0.4, 0.5) is 0 Å². The lowest BCUT2D eigenvalue weighted by molar-refractivity contribution is 0.224. The Labute approximate surface area is 193 Å². The highest BCUT2D eigenvalue weighted by Gasteiger charge is 2.22. The molecule has 4 unspecified atom stereocenters. The van der Waals surface area contributed by atoms with E-state index in [2.05, 4.69) is 41.5 Å². The summed E-state index contributed by atoms with van der Waals surface area (Å²) in [4.78, 5) is 0. The Morgan fingerprint density at radius 3 is 1.73 bits per heavy atom. The molecule has 2 fully saturated rings. The van der Waals surface area contributed by atoms with Crippen LogP contribution in [0.3, 0.4) is 0 Å². The molecule has 2 aliphatic carbocycles. The molecule has 0 N–H and O–H groups in total. The van der Waals surface area contributed by atoms with E-state index in [0.717, 1.165) is 35.5 Å². The first-order valence-electron chi connectivity index (χ1n) is 14.5. The van der Waals surface area contributed by atoms with Gasteiger partial charge in [0.05, 0.1) is 0 Å². The normalized spacial score (nSPS) is 27.0. The van der Waals surface area contributed by atoms with Gasteiger partial charge in [0.1, 0.15) is 0 Å². The van der Waals surface area contributed by atoms with Gasteiger partial charge in [0.15, 0.2) is 0 Å². The van der Waals surface area contributed by atoms with Crippen molar-refractivity contribution in [2.75, 3.05) is 0 Å². The van der Waals surface area contributed by atoms with E-state index < -0.39 is 0 Å². The average Bonchev–Trinajstić information content (AvgIpc) is 2.98. The Morgan fingerprint density at radius 2 is 1.17 bits per heavy atom. The first-order chi connectivity index (χ1) is 14.5. The third kappa shape index (κ3) is 14.9. The van der Waals surface area contributed by atoms with E-state index in [1.54, 1.807) is 0 Å².